The van der Waals surface area contributed by atoms with E-state index in [4.69, 9.17) is 9.47 Å². The molecule has 0 heterocycles. The molecule has 36 heavy (non-hydrogen) atoms. The van der Waals surface area contributed by atoms with Gasteiger partial charge in [-0.05, 0) is 45.4 Å². The molecular weight excluding hydrogens is 460 g/mol. The van der Waals surface area contributed by atoms with Crippen molar-refractivity contribution in [1.29, 1.82) is 0 Å². The maximum absolute atomic E-state index is 12.3. The molecule has 206 valence electrons. The van der Waals surface area contributed by atoms with E-state index >= 15 is 0 Å². The van der Waals surface area contributed by atoms with Gasteiger partial charge in [-0.1, -0.05) is 64.3 Å². The highest BCUT2D eigenvalue weighted by molar-refractivity contribution is 5.84. The molecule has 0 unspecified atom stereocenters. The fraction of sp³-hybridized carbons (Fsp3) is 0.759. The van der Waals surface area contributed by atoms with Crippen molar-refractivity contribution in [3.8, 4) is 0 Å². The molecule has 0 saturated heterocycles. The Labute approximate surface area is 217 Å². The quantitative estimate of drug-likeness (QED) is 0.151. The first-order valence-corrected chi connectivity index (χ1v) is 13.7. The minimum Gasteiger partial charge on any atom is -0.462 e. The van der Waals surface area contributed by atoms with Crippen LogP contribution >= 0.6 is 0 Å². The van der Waals surface area contributed by atoms with E-state index in [2.05, 4.69) is 6.92 Å². The molecule has 0 spiro atoms. The Morgan fingerprint density at radius 2 is 1.78 bits per heavy atom. The number of rotatable bonds is 18. The lowest BCUT2D eigenvalue weighted by atomic mass is 9.85. The number of hydrogen-bond acceptors (Lipinski definition) is 7. The van der Waals surface area contributed by atoms with Crippen molar-refractivity contribution in [3.05, 3.63) is 24.3 Å². The highest BCUT2D eigenvalue weighted by Gasteiger charge is 2.39. The third kappa shape index (κ3) is 11.4. The van der Waals surface area contributed by atoms with Gasteiger partial charge in [0, 0.05) is 24.7 Å². The molecule has 0 radical (unpaired) electrons. The summed E-state index contributed by atoms with van der Waals surface area (Å²) in [5.41, 5.74) is -0.497. The van der Waals surface area contributed by atoms with Crippen molar-refractivity contribution in [2.45, 2.75) is 111 Å². The van der Waals surface area contributed by atoms with E-state index in [1.165, 1.54) is 0 Å². The van der Waals surface area contributed by atoms with Crippen molar-refractivity contribution in [1.82, 2.24) is 0 Å². The summed E-state index contributed by atoms with van der Waals surface area (Å²) in [4.78, 5) is 36.3. The summed E-state index contributed by atoms with van der Waals surface area (Å²) in [6, 6.07) is 0. The highest BCUT2D eigenvalue weighted by atomic mass is 16.6. The van der Waals surface area contributed by atoms with Gasteiger partial charge in [0.1, 0.15) is 19.0 Å². The van der Waals surface area contributed by atoms with Gasteiger partial charge in [0.25, 0.3) is 0 Å². The largest absolute Gasteiger partial charge is 0.462 e. The fourth-order valence-corrected chi connectivity index (χ4v) is 4.28. The van der Waals surface area contributed by atoms with Gasteiger partial charge in [0.2, 0.25) is 0 Å². The third-order valence-corrected chi connectivity index (χ3v) is 7.33. The van der Waals surface area contributed by atoms with Crippen molar-refractivity contribution in [2.24, 2.45) is 17.3 Å². The fourth-order valence-electron chi connectivity index (χ4n) is 4.28. The van der Waals surface area contributed by atoms with Crippen LogP contribution in [0.3, 0.4) is 0 Å². The summed E-state index contributed by atoms with van der Waals surface area (Å²) in [7, 11) is 0. The summed E-state index contributed by atoms with van der Waals surface area (Å²) in [5.74, 6) is -1.11. The van der Waals surface area contributed by atoms with Crippen LogP contribution in [0.5, 0.6) is 0 Å². The second kappa shape index (κ2) is 17.5. The van der Waals surface area contributed by atoms with E-state index in [-0.39, 0.29) is 55.6 Å². The predicted octanol–water partition coefficient (Wildman–Crippen LogP) is 5.08. The Kier molecular flexibility index (Phi) is 15.5. The molecule has 0 aromatic carbocycles. The zero-order valence-electron chi connectivity index (χ0n) is 22.7. The first kappa shape index (κ1) is 32.0. The first-order chi connectivity index (χ1) is 17.2. The lowest BCUT2D eigenvalue weighted by Gasteiger charge is -2.23. The number of allylic oxidation sites excluding steroid dienone is 2. The molecule has 1 saturated carbocycles. The van der Waals surface area contributed by atoms with E-state index in [0.717, 1.165) is 19.3 Å². The van der Waals surface area contributed by atoms with Crippen LogP contribution in [-0.4, -0.2) is 53.4 Å². The number of aliphatic hydroxyl groups excluding tert-OH is 2. The first-order valence-electron chi connectivity index (χ1n) is 13.7. The minimum atomic E-state index is -0.707. The van der Waals surface area contributed by atoms with Crippen molar-refractivity contribution >= 4 is 17.7 Å². The lowest BCUT2D eigenvalue weighted by Crippen LogP contribution is -2.29. The number of hydrogen-bond donors (Lipinski definition) is 2. The van der Waals surface area contributed by atoms with Crippen LogP contribution in [0.15, 0.2) is 24.3 Å². The minimum absolute atomic E-state index is 0.0461. The van der Waals surface area contributed by atoms with Gasteiger partial charge in [-0.15, -0.1) is 0 Å². The average molecular weight is 509 g/mol. The molecular formula is C29H48O7. The molecule has 1 rings (SSSR count). The number of ether oxygens (including phenoxy) is 2. The zero-order valence-corrected chi connectivity index (χ0v) is 22.7. The Hall–Kier alpha value is -1.99. The van der Waals surface area contributed by atoms with E-state index in [1.807, 2.05) is 39.0 Å². The van der Waals surface area contributed by atoms with Crippen molar-refractivity contribution in [2.75, 3.05) is 13.2 Å². The molecule has 7 nitrogen and oxygen atoms in total. The summed E-state index contributed by atoms with van der Waals surface area (Å²) in [6.45, 7) is 8.00. The molecule has 1 aliphatic rings. The second-order valence-corrected chi connectivity index (χ2v) is 10.1. The summed E-state index contributed by atoms with van der Waals surface area (Å²) >= 11 is 0. The van der Waals surface area contributed by atoms with Gasteiger partial charge in [-0.3, -0.25) is 14.4 Å². The molecule has 0 amide bonds. The number of Topliss-reactive ketones (excluding diaryl/α,β-unsaturated/α-hetero) is 1. The Bertz CT molecular complexity index is 723. The molecule has 0 aliphatic heterocycles. The van der Waals surface area contributed by atoms with E-state index < -0.39 is 17.6 Å². The number of carbonyl (C=O) groups is 3. The van der Waals surface area contributed by atoms with Gasteiger partial charge >= 0.3 is 11.9 Å². The van der Waals surface area contributed by atoms with Crippen molar-refractivity contribution < 1.29 is 34.1 Å². The van der Waals surface area contributed by atoms with Crippen LogP contribution in [0.4, 0.5) is 0 Å². The number of aliphatic hydroxyl groups is 2. The Balaban J connectivity index is 2.30. The average Bonchev–Trinajstić information content (AvgIpc) is 3.13. The van der Waals surface area contributed by atoms with Gasteiger partial charge < -0.3 is 19.7 Å². The van der Waals surface area contributed by atoms with Gasteiger partial charge in [0.15, 0.2) is 0 Å². The topological polar surface area (TPSA) is 110 Å². The maximum Gasteiger partial charge on any atom is 0.311 e. The molecule has 1 fully saturated rings. The predicted molar refractivity (Wildman–Crippen MR) is 140 cm³/mol. The SMILES string of the molecule is CCCCC[C@H](O)/C=C/[C@H]1[C@H](O)CC(=O)[C@@H]1C/C=C/CCCC(=O)OCCOC(=O)C(C)(CC)CC. The van der Waals surface area contributed by atoms with E-state index in [0.29, 0.717) is 38.5 Å². The molecule has 0 aromatic rings. The van der Waals surface area contributed by atoms with Crippen LogP contribution < -0.4 is 0 Å². The molecule has 7 heteroatoms. The number of carbonyl (C=O) groups excluding carboxylic acids is 3. The Morgan fingerprint density at radius 1 is 1.08 bits per heavy atom. The monoisotopic (exact) mass is 508 g/mol. The molecule has 0 bridgehead atoms. The number of unbranched alkanes of at least 4 members (excludes halogenated alkanes) is 3. The van der Waals surface area contributed by atoms with Gasteiger partial charge in [0.05, 0.1) is 17.6 Å². The lowest BCUT2D eigenvalue weighted by molar-refractivity contribution is -0.160. The number of esters is 2. The summed E-state index contributed by atoms with van der Waals surface area (Å²) in [6.07, 6.45) is 13.6. The summed E-state index contributed by atoms with van der Waals surface area (Å²) < 4.78 is 10.4. The molecule has 4 atom stereocenters. The summed E-state index contributed by atoms with van der Waals surface area (Å²) in [5, 5.41) is 20.4. The van der Waals surface area contributed by atoms with E-state index in [9.17, 15) is 24.6 Å². The second-order valence-electron chi connectivity index (χ2n) is 10.1. The third-order valence-electron chi connectivity index (χ3n) is 7.33. The molecule has 1 aliphatic carbocycles. The van der Waals surface area contributed by atoms with Gasteiger partial charge in [-0.2, -0.15) is 0 Å². The highest BCUT2D eigenvalue weighted by Crippen LogP contribution is 2.33. The standard InChI is InChI=1S/C29H48O7/c1-5-8-11-14-22(30)17-18-24-23(25(31)21-26(24)32)15-12-9-10-13-16-27(33)35-19-20-36-28(34)29(4,6-2)7-3/h9,12,17-18,22-24,26,30,32H,5-8,10-11,13-16,19-21H2,1-4H3/b12-9+,18-17+/t22-,23+,24+,26+/m0/s1. The molecule has 2 N–H and O–H groups in total. The van der Waals surface area contributed by atoms with Crippen LogP contribution in [0.25, 0.3) is 0 Å². The normalized spacial score (nSPS) is 21.4. The smallest absolute Gasteiger partial charge is 0.311 e. The van der Waals surface area contributed by atoms with Gasteiger partial charge in [-0.25, -0.2) is 0 Å². The number of ketones is 1. The van der Waals surface area contributed by atoms with Crippen LogP contribution in [-0.2, 0) is 23.9 Å². The van der Waals surface area contributed by atoms with E-state index in [1.54, 1.807) is 6.08 Å². The Morgan fingerprint density at radius 3 is 2.44 bits per heavy atom. The van der Waals surface area contributed by atoms with Crippen LogP contribution in [0.2, 0.25) is 0 Å². The maximum atomic E-state index is 12.3. The van der Waals surface area contributed by atoms with Crippen molar-refractivity contribution in [3.63, 3.8) is 0 Å². The molecule has 0 aromatic heterocycles. The van der Waals surface area contributed by atoms with Crippen LogP contribution in [0, 0.1) is 17.3 Å². The zero-order chi connectivity index (χ0) is 27.0. The van der Waals surface area contributed by atoms with Crippen LogP contribution in [0.1, 0.15) is 98.3 Å².